The Balaban J connectivity index is 1.46. The highest BCUT2D eigenvalue weighted by Gasteiger charge is 2.15. The molecule has 0 bridgehead atoms. The normalized spacial score (nSPS) is 11.8. The second-order valence-electron chi connectivity index (χ2n) is 7.52. The van der Waals surface area contributed by atoms with E-state index in [9.17, 15) is 0 Å². The molecule has 3 nitrogen and oxygen atoms in total. The lowest BCUT2D eigenvalue weighted by atomic mass is 9.99. The molecule has 5 rings (SSSR count). The van der Waals surface area contributed by atoms with Gasteiger partial charge in [0, 0.05) is 53.8 Å². The Hall–Kier alpha value is -3.68. The van der Waals surface area contributed by atoms with Gasteiger partial charge in [0.1, 0.15) is 0 Å². The van der Waals surface area contributed by atoms with Gasteiger partial charge in [-0.1, -0.05) is 42.0 Å². The Kier molecular flexibility index (Phi) is 4.23. The van der Waals surface area contributed by atoms with Crippen LogP contribution in [0.4, 0.5) is 5.69 Å². The van der Waals surface area contributed by atoms with E-state index in [0.29, 0.717) is 0 Å². The van der Waals surface area contributed by atoms with Gasteiger partial charge in [-0.15, -0.1) is 5.73 Å². The van der Waals surface area contributed by atoms with Gasteiger partial charge in [0.25, 0.3) is 0 Å². The number of benzene rings is 2. The molecule has 0 saturated carbocycles. The van der Waals surface area contributed by atoms with Gasteiger partial charge < -0.3 is 4.90 Å². The Morgan fingerprint density at radius 3 is 2.45 bits per heavy atom. The molecule has 0 unspecified atom stereocenters. The predicted molar refractivity (Wildman–Crippen MR) is 121 cm³/mol. The van der Waals surface area contributed by atoms with Gasteiger partial charge >= 0.3 is 0 Å². The molecule has 0 N–H and O–H groups in total. The van der Waals surface area contributed by atoms with Crippen LogP contribution in [0.2, 0.25) is 0 Å². The van der Waals surface area contributed by atoms with Crippen LogP contribution in [-0.2, 0) is 6.54 Å². The molecule has 2 heterocycles. The molecule has 4 aromatic rings. The minimum absolute atomic E-state index is 0.878. The Morgan fingerprint density at radius 2 is 1.66 bits per heavy atom. The number of aryl methyl sites for hydroxylation is 1. The highest BCUT2D eigenvalue weighted by Crippen LogP contribution is 2.34. The number of rotatable bonds is 4. The quantitative estimate of drug-likeness (QED) is 0.367. The van der Waals surface area contributed by atoms with Gasteiger partial charge in [-0.3, -0.25) is 4.98 Å². The average Bonchev–Trinajstić information content (AvgIpc) is 3.25. The van der Waals surface area contributed by atoms with Crippen molar-refractivity contribution in [3.63, 3.8) is 0 Å². The van der Waals surface area contributed by atoms with Gasteiger partial charge in [0.15, 0.2) is 0 Å². The van der Waals surface area contributed by atoms with Gasteiger partial charge in [0.2, 0.25) is 0 Å². The van der Waals surface area contributed by atoms with Crippen molar-refractivity contribution in [3.05, 3.63) is 95.0 Å². The minimum atomic E-state index is 0.878. The maximum atomic E-state index is 4.92. The van der Waals surface area contributed by atoms with Gasteiger partial charge in [-0.25, -0.2) is 4.98 Å². The SMILES string of the molecule is Cc1ccc(CN(C)c2ccc(-c3nc4ccncc4c4c3C=C=C4)cc2)cc1. The largest absolute Gasteiger partial charge is 0.370 e. The van der Waals surface area contributed by atoms with Crippen LogP contribution >= 0.6 is 0 Å². The molecular formula is C26H21N3. The van der Waals surface area contributed by atoms with Crippen LogP contribution in [0, 0.1) is 6.92 Å². The van der Waals surface area contributed by atoms with Crippen LogP contribution in [-0.4, -0.2) is 17.0 Å². The molecule has 0 spiro atoms. The van der Waals surface area contributed by atoms with Crippen LogP contribution in [0.3, 0.4) is 0 Å². The fraction of sp³-hybridized carbons (Fsp3) is 0.115. The molecular weight excluding hydrogens is 354 g/mol. The van der Waals surface area contributed by atoms with Crippen LogP contribution in [0.25, 0.3) is 34.3 Å². The molecule has 1 aliphatic rings. The number of anilines is 1. The van der Waals surface area contributed by atoms with Crippen molar-refractivity contribution in [3.8, 4) is 11.3 Å². The summed E-state index contributed by atoms with van der Waals surface area (Å²) < 4.78 is 0. The third-order valence-corrected chi connectivity index (χ3v) is 5.44. The maximum Gasteiger partial charge on any atom is 0.0794 e. The van der Waals surface area contributed by atoms with Crippen LogP contribution < -0.4 is 4.90 Å². The number of aromatic nitrogens is 2. The monoisotopic (exact) mass is 375 g/mol. The Morgan fingerprint density at radius 1 is 0.897 bits per heavy atom. The lowest BCUT2D eigenvalue weighted by molar-refractivity contribution is 0.922. The molecule has 0 atom stereocenters. The van der Waals surface area contributed by atoms with E-state index in [1.54, 1.807) is 6.20 Å². The van der Waals surface area contributed by atoms with E-state index in [4.69, 9.17) is 4.98 Å². The summed E-state index contributed by atoms with van der Waals surface area (Å²) in [7, 11) is 2.13. The first kappa shape index (κ1) is 17.4. The lowest BCUT2D eigenvalue weighted by Crippen LogP contribution is -2.16. The first-order valence-electron chi connectivity index (χ1n) is 9.76. The average molecular weight is 375 g/mol. The van der Waals surface area contributed by atoms with Gasteiger partial charge in [-0.05, 0) is 42.8 Å². The number of hydrogen-bond acceptors (Lipinski definition) is 3. The highest BCUT2D eigenvalue weighted by atomic mass is 15.1. The van der Waals surface area contributed by atoms with Crippen molar-refractivity contribution in [2.45, 2.75) is 13.5 Å². The molecule has 0 fully saturated rings. The standard InChI is InChI=1S/C26H21N3/c1-18-6-8-19(9-7-18)17-29(2)21-12-10-20(11-13-21)26-23-5-3-4-22(23)24-16-27-15-14-25(24)28-26/h4-16H,17H2,1-2H3. The van der Waals surface area contributed by atoms with Crippen molar-refractivity contribution in [1.29, 1.82) is 0 Å². The summed E-state index contributed by atoms with van der Waals surface area (Å²) in [6.07, 6.45) is 7.71. The molecule has 0 amide bonds. The van der Waals surface area contributed by atoms with E-state index in [2.05, 4.69) is 78.1 Å². The van der Waals surface area contributed by atoms with Crippen LogP contribution in [0.15, 0.2) is 72.7 Å². The third kappa shape index (κ3) is 3.22. The van der Waals surface area contributed by atoms with E-state index in [1.165, 1.54) is 16.8 Å². The number of pyridine rings is 2. The van der Waals surface area contributed by atoms with E-state index in [1.807, 2.05) is 24.4 Å². The molecule has 3 heteroatoms. The number of fused-ring (bicyclic) bond motifs is 3. The first-order valence-corrected chi connectivity index (χ1v) is 9.76. The zero-order valence-corrected chi connectivity index (χ0v) is 16.6. The highest BCUT2D eigenvalue weighted by molar-refractivity contribution is 5.98. The third-order valence-electron chi connectivity index (χ3n) is 5.44. The molecule has 0 aliphatic heterocycles. The van der Waals surface area contributed by atoms with E-state index < -0.39 is 0 Å². The summed E-state index contributed by atoms with van der Waals surface area (Å²) in [5.74, 6) is 0. The maximum absolute atomic E-state index is 4.92. The zero-order chi connectivity index (χ0) is 19.8. The summed E-state index contributed by atoms with van der Waals surface area (Å²) in [5.41, 5.74) is 12.3. The second-order valence-corrected chi connectivity index (χ2v) is 7.52. The smallest absolute Gasteiger partial charge is 0.0794 e. The summed E-state index contributed by atoms with van der Waals surface area (Å²) in [5, 5.41) is 1.07. The summed E-state index contributed by atoms with van der Waals surface area (Å²) in [6, 6.07) is 19.3. The lowest BCUT2D eigenvalue weighted by Gasteiger charge is -2.20. The van der Waals surface area contributed by atoms with Crippen molar-refractivity contribution in [1.82, 2.24) is 9.97 Å². The predicted octanol–water partition coefficient (Wildman–Crippen LogP) is 5.88. The van der Waals surface area contributed by atoms with Crippen molar-refractivity contribution in [2.75, 3.05) is 11.9 Å². The topological polar surface area (TPSA) is 29.0 Å². The zero-order valence-electron chi connectivity index (χ0n) is 16.6. The Labute approximate surface area is 170 Å². The molecule has 29 heavy (non-hydrogen) atoms. The van der Waals surface area contributed by atoms with E-state index in [-0.39, 0.29) is 0 Å². The summed E-state index contributed by atoms with van der Waals surface area (Å²) in [4.78, 5) is 11.4. The number of nitrogens with zero attached hydrogens (tertiary/aromatic N) is 3. The second kappa shape index (κ2) is 7.05. The molecule has 2 aromatic carbocycles. The van der Waals surface area contributed by atoms with Gasteiger partial charge in [-0.2, -0.15) is 0 Å². The van der Waals surface area contributed by atoms with Crippen LogP contribution in [0.1, 0.15) is 22.3 Å². The van der Waals surface area contributed by atoms with Crippen molar-refractivity contribution in [2.24, 2.45) is 0 Å². The first-order chi connectivity index (χ1) is 14.2. The van der Waals surface area contributed by atoms with Crippen LogP contribution in [0.5, 0.6) is 0 Å². The van der Waals surface area contributed by atoms with Gasteiger partial charge in [0.05, 0.1) is 11.2 Å². The fourth-order valence-corrected chi connectivity index (χ4v) is 3.81. The minimum Gasteiger partial charge on any atom is -0.370 e. The summed E-state index contributed by atoms with van der Waals surface area (Å²) >= 11 is 0. The van der Waals surface area contributed by atoms with Crippen molar-refractivity contribution >= 4 is 28.7 Å². The molecule has 1 aliphatic carbocycles. The molecule has 140 valence electrons. The Bertz CT molecular complexity index is 1260. The van der Waals surface area contributed by atoms with E-state index in [0.717, 1.165) is 39.8 Å². The molecule has 0 saturated heterocycles. The number of hydrogen-bond donors (Lipinski definition) is 0. The molecule has 2 aromatic heterocycles. The molecule has 0 radical (unpaired) electrons. The summed E-state index contributed by atoms with van der Waals surface area (Å²) in [6.45, 7) is 2.99. The van der Waals surface area contributed by atoms with Crippen molar-refractivity contribution < 1.29 is 0 Å². The fourth-order valence-electron chi connectivity index (χ4n) is 3.81. The van der Waals surface area contributed by atoms with E-state index >= 15 is 0 Å².